The molecular weight excluding hydrogens is 1560 g/mol. The molecule has 0 bridgehead atoms. The van der Waals surface area contributed by atoms with Crippen molar-refractivity contribution >= 4 is 29.5 Å². The molecule has 0 aromatic carbocycles. The lowest BCUT2D eigenvalue weighted by Crippen LogP contribution is -2.71. The second-order valence-electron chi connectivity index (χ2n) is 29.0. The van der Waals surface area contributed by atoms with E-state index in [1.54, 1.807) is 0 Å². The van der Waals surface area contributed by atoms with Crippen molar-refractivity contribution in [2.75, 3.05) is 52.9 Å². The zero-order chi connectivity index (χ0) is 84.1. The zero-order valence-corrected chi connectivity index (χ0v) is 61.9. The van der Waals surface area contributed by atoms with Gasteiger partial charge in [-0.2, -0.15) is 0 Å². The van der Waals surface area contributed by atoms with Crippen LogP contribution in [0.1, 0.15) is 41.5 Å². The Morgan fingerprint density at radius 3 is 1.02 bits per heavy atom. The number of carbonyl (C=O) groups excluding carboxylic acids is 5. The van der Waals surface area contributed by atoms with Crippen molar-refractivity contribution in [2.24, 2.45) is 0 Å². The van der Waals surface area contributed by atoms with Crippen molar-refractivity contribution in [3.63, 3.8) is 0 Å². The SMILES string of the molecule is CC(=O)N[C@@H]1[C@@H](O)[C@H](O[C@@H]2O[C@H](CO)[C@@H](O[C@@H]3O[C@H](CO[C@H]4O[C@H](CO[C@@H]5O[C@H](CO)[C@@H](O)[C@H](O)[C@H]5NC(C)=O)[C@@H](O)[C@H](O)[C@@H]4O[C@@H]4O[C@H](CO)[C@@H](O)[C@H](O)[C@H]4NC(C)=O)[C@@H](O)[C@H](O[C@H]4O[C@H](CO)[C@@H](O)[C@H](O)[C@@H]4O[C@@H]4O[C@H](CO)[C@@H](O)[C@H](O)[C@H]4NC(C)=O)[C@@H]3O)[C@H](O)[C@H]2NC(C)=O)[C@@H](CO[C@@H]2O[C@@H](C)[C@@H](O)[C@@H](O)[C@@H]2O)O[C@@H]1O. The molecule has 28 N–H and O–H groups in total. The molecule has 9 rings (SSSR count). The van der Waals surface area contributed by atoms with Crippen LogP contribution in [0, 0.1) is 0 Å². The molecule has 0 unspecified atom stereocenters. The molecule has 0 aliphatic carbocycles. The molecule has 0 aromatic heterocycles. The van der Waals surface area contributed by atoms with Gasteiger partial charge in [-0.05, 0) is 6.92 Å². The summed E-state index contributed by atoms with van der Waals surface area (Å²) in [5, 5.41) is 270. The summed E-state index contributed by atoms with van der Waals surface area (Å²) < 4.78 is 102. The molecule has 9 saturated heterocycles. The summed E-state index contributed by atoms with van der Waals surface area (Å²) >= 11 is 0. The quantitative estimate of drug-likeness (QED) is 0.0331. The molecular formula is C64H107N5O45. The van der Waals surface area contributed by atoms with E-state index in [0.29, 0.717) is 0 Å². The van der Waals surface area contributed by atoms with Crippen LogP contribution in [0.2, 0.25) is 0 Å². The summed E-state index contributed by atoms with van der Waals surface area (Å²) in [5.74, 6) is -4.37. The van der Waals surface area contributed by atoms with Crippen molar-refractivity contribution in [1.82, 2.24) is 26.6 Å². The maximum absolute atomic E-state index is 13.2. The third kappa shape index (κ3) is 21.2. The molecule has 0 spiro atoms. The first-order valence-corrected chi connectivity index (χ1v) is 36.5. The number of aliphatic hydroxyl groups excluding tert-OH is 23. The van der Waals surface area contributed by atoms with E-state index < -0.39 is 358 Å². The summed E-state index contributed by atoms with van der Waals surface area (Å²) in [6.07, 6.45) is -81.5. The molecule has 9 heterocycles. The summed E-state index contributed by atoms with van der Waals surface area (Å²) in [7, 11) is 0. The van der Waals surface area contributed by atoms with Crippen LogP contribution in [0.4, 0.5) is 0 Å². The Morgan fingerprint density at radius 1 is 0.246 bits per heavy atom. The van der Waals surface area contributed by atoms with Crippen LogP contribution in [0.15, 0.2) is 0 Å². The number of rotatable bonds is 29. The molecule has 9 aliphatic rings. The second kappa shape index (κ2) is 40.9. The van der Waals surface area contributed by atoms with Gasteiger partial charge in [-0.1, -0.05) is 0 Å². The van der Waals surface area contributed by atoms with E-state index in [-0.39, 0.29) is 0 Å². The van der Waals surface area contributed by atoms with Crippen molar-refractivity contribution < 1.29 is 222 Å². The van der Waals surface area contributed by atoms with E-state index in [0.717, 1.165) is 34.6 Å². The van der Waals surface area contributed by atoms with Crippen molar-refractivity contribution in [1.29, 1.82) is 0 Å². The number of carbonyl (C=O) groups is 5. The van der Waals surface area contributed by atoms with Gasteiger partial charge < -0.3 is 225 Å². The molecule has 45 atom stereocenters. The largest absolute Gasteiger partial charge is 0.394 e. The Bertz CT molecular complexity index is 3080. The standard InChI is InChI=1S/C64H107N5O45/c1-15-34(80)46(92)49(95)61(101-15)99-14-28-52(44(90)29(56(97)102-28)65-16(2)75)110-60-33(69-20(6)79)45(91)51(25(11-74)107-60)111-62-50(96)53(112-64-55(47(93)38(84)24(10-73)106-64)114-59-32(68-19(5)78)43(89)37(83)23(9-72)105-59)40(86)27(108-62)13-100-63-54(113-58-31(67-18(4)77)42(88)36(82)22(8-71)104-58)48(94)39(85)26(109-63)12-98-57-30(66-17(3)76)41(87)35(81)21(7-70)103-57/h15,21-64,70-74,80-97H,7-14H2,1-6H3,(H,65,75)(H,66,76)(H,67,77)(H,68,78)(H,69,79)/t15-,21+,22+,23+,24+,25+,26+,27+,28+,29+,30+,31+,32+,33+,34+,35+,36+,37+,38+,39+,40+,41+,42+,43+,44+,45+,46+,47-,48-,49-,50-,51+,52+,53-,54-,55-,56-,57+,58-,59-,60-,61+,62-,63-,64+/m0/s1. The van der Waals surface area contributed by atoms with Gasteiger partial charge in [0.1, 0.15) is 213 Å². The Kier molecular flexibility index (Phi) is 33.6. The van der Waals surface area contributed by atoms with Crippen LogP contribution in [0.25, 0.3) is 0 Å². The highest BCUT2D eigenvalue weighted by atomic mass is 16.8. The predicted molar refractivity (Wildman–Crippen MR) is 354 cm³/mol. The van der Waals surface area contributed by atoms with Gasteiger partial charge in [-0.25, -0.2) is 0 Å². The molecule has 0 aromatic rings. The van der Waals surface area contributed by atoms with Crippen LogP contribution in [-0.4, -0.2) is 476 Å². The molecule has 9 aliphatic heterocycles. The van der Waals surface area contributed by atoms with E-state index in [4.69, 9.17) is 80.5 Å². The lowest BCUT2D eigenvalue weighted by molar-refractivity contribution is -0.396. The fourth-order valence-corrected chi connectivity index (χ4v) is 14.6. The fourth-order valence-electron chi connectivity index (χ4n) is 14.6. The minimum Gasteiger partial charge on any atom is -0.394 e. The lowest BCUT2D eigenvalue weighted by Gasteiger charge is -2.51. The first-order chi connectivity index (χ1) is 53.8. The topological polar surface area (TPSA) is 768 Å². The van der Waals surface area contributed by atoms with Gasteiger partial charge in [0, 0.05) is 34.6 Å². The maximum Gasteiger partial charge on any atom is 0.217 e. The van der Waals surface area contributed by atoms with Crippen LogP contribution >= 0.6 is 0 Å². The van der Waals surface area contributed by atoms with Gasteiger partial charge in [0.15, 0.2) is 56.6 Å². The third-order valence-electron chi connectivity index (χ3n) is 20.7. The number of hydrogen-bond acceptors (Lipinski definition) is 45. The van der Waals surface area contributed by atoms with Crippen molar-refractivity contribution in [2.45, 2.75) is 318 Å². The molecule has 50 nitrogen and oxygen atoms in total. The van der Waals surface area contributed by atoms with Gasteiger partial charge in [0.2, 0.25) is 29.5 Å². The Morgan fingerprint density at radius 2 is 0.553 bits per heavy atom. The first kappa shape index (κ1) is 93.6. The number of ether oxygens (including phenoxy) is 17. The van der Waals surface area contributed by atoms with Gasteiger partial charge in [0.05, 0.1) is 59.0 Å². The van der Waals surface area contributed by atoms with Gasteiger partial charge in [0.25, 0.3) is 0 Å². The van der Waals surface area contributed by atoms with E-state index in [1.807, 2.05) is 0 Å². The van der Waals surface area contributed by atoms with Gasteiger partial charge in [-0.3, -0.25) is 24.0 Å². The van der Waals surface area contributed by atoms with E-state index in [2.05, 4.69) is 26.6 Å². The van der Waals surface area contributed by atoms with Crippen LogP contribution in [0.5, 0.6) is 0 Å². The highest BCUT2D eigenvalue weighted by molar-refractivity contribution is 5.75. The molecule has 0 radical (unpaired) electrons. The van der Waals surface area contributed by atoms with Gasteiger partial charge >= 0.3 is 0 Å². The normalized spacial score (nSPS) is 48.2. The Balaban J connectivity index is 1.08. The number of aliphatic hydroxyl groups is 23. The fraction of sp³-hybridized carbons (Fsp3) is 0.922. The van der Waals surface area contributed by atoms with Crippen LogP contribution < -0.4 is 26.6 Å². The number of amides is 5. The average Bonchev–Trinajstić information content (AvgIpc) is 0.768. The van der Waals surface area contributed by atoms with E-state index in [9.17, 15) is 141 Å². The highest BCUT2D eigenvalue weighted by Gasteiger charge is 2.60. The van der Waals surface area contributed by atoms with Crippen molar-refractivity contribution in [3.8, 4) is 0 Å². The average molecular weight is 1670 g/mol. The van der Waals surface area contributed by atoms with E-state index >= 15 is 0 Å². The number of hydrogen-bond donors (Lipinski definition) is 28. The lowest BCUT2D eigenvalue weighted by atomic mass is 9.93. The Hall–Kier alpha value is -4.25. The van der Waals surface area contributed by atoms with Crippen LogP contribution in [0.3, 0.4) is 0 Å². The maximum atomic E-state index is 13.2. The monoisotopic (exact) mass is 1670 g/mol. The summed E-state index contributed by atoms with van der Waals surface area (Å²) in [6.45, 7) is -2.21. The molecule has 5 amide bonds. The molecule has 0 saturated carbocycles. The van der Waals surface area contributed by atoms with Crippen LogP contribution in [-0.2, 0) is 104 Å². The summed E-state index contributed by atoms with van der Waals surface area (Å²) in [6, 6.07) is -8.98. The third-order valence-corrected chi connectivity index (χ3v) is 20.7. The second-order valence-corrected chi connectivity index (χ2v) is 29.0. The summed E-state index contributed by atoms with van der Waals surface area (Å²) in [5.41, 5.74) is 0. The Labute approximate surface area is 646 Å². The first-order valence-electron chi connectivity index (χ1n) is 36.5. The predicted octanol–water partition coefficient (Wildman–Crippen LogP) is -18.9. The minimum atomic E-state index is -2.58. The zero-order valence-electron chi connectivity index (χ0n) is 61.9. The smallest absolute Gasteiger partial charge is 0.217 e. The molecule has 658 valence electrons. The van der Waals surface area contributed by atoms with E-state index in [1.165, 1.54) is 6.92 Å². The molecule has 50 heteroatoms. The number of nitrogens with one attached hydrogen (secondary N) is 5. The highest BCUT2D eigenvalue weighted by Crippen LogP contribution is 2.39. The van der Waals surface area contributed by atoms with Gasteiger partial charge in [-0.15, -0.1) is 0 Å². The minimum absolute atomic E-state index is 0.797. The van der Waals surface area contributed by atoms with Crippen molar-refractivity contribution in [3.05, 3.63) is 0 Å². The molecule has 114 heavy (non-hydrogen) atoms. The summed E-state index contributed by atoms with van der Waals surface area (Å²) in [4.78, 5) is 63.2. The molecule has 9 fully saturated rings.